The first kappa shape index (κ1) is 31.0. The average molecular weight is 578 g/mol. The highest BCUT2D eigenvalue weighted by molar-refractivity contribution is 5.93. The van der Waals surface area contributed by atoms with E-state index in [1.54, 1.807) is 35.9 Å². The Hall–Kier alpha value is -3.92. The van der Waals surface area contributed by atoms with Gasteiger partial charge in [-0.05, 0) is 94.1 Å². The zero-order valence-electron chi connectivity index (χ0n) is 24.8. The van der Waals surface area contributed by atoms with Crippen LogP contribution in [0.1, 0.15) is 77.6 Å². The lowest BCUT2D eigenvalue weighted by Crippen LogP contribution is -2.29. The molecule has 1 fully saturated rings. The Balaban J connectivity index is 1.09. The fraction of sp³-hybridized carbons (Fsp3) is 0.500. The number of anilines is 1. The molecular weight excluding hydrogens is 534 g/mol. The second-order valence-electron chi connectivity index (χ2n) is 10.5. The van der Waals surface area contributed by atoms with Crippen LogP contribution in [0.2, 0.25) is 0 Å². The molecule has 226 valence electrons. The highest BCUT2D eigenvalue weighted by atomic mass is 16.5. The van der Waals surface area contributed by atoms with Crippen molar-refractivity contribution in [3.63, 3.8) is 0 Å². The van der Waals surface area contributed by atoms with Crippen molar-refractivity contribution in [3.8, 4) is 5.75 Å². The van der Waals surface area contributed by atoms with Crippen LogP contribution in [0.15, 0.2) is 48.5 Å². The van der Waals surface area contributed by atoms with Gasteiger partial charge in [0.2, 0.25) is 5.95 Å². The monoisotopic (exact) mass is 577 g/mol. The number of ether oxygens (including phenoxy) is 3. The molecule has 0 saturated carbocycles. The molecule has 0 radical (unpaired) electrons. The van der Waals surface area contributed by atoms with Crippen LogP contribution in [-0.4, -0.2) is 71.1 Å². The van der Waals surface area contributed by atoms with E-state index in [-0.39, 0.29) is 0 Å². The highest BCUT2D eigenvalue weighted by Gasteiger charge is 2.12. The molecule has 1 saturated heterocycles. The zero-order chi connectivity index (χ0) is 29.6. The fourth-order valence-electron chi connectivity index (χ4n) is 4.86. The normalized spacial score (nSPS) is 13.5. The number of benzene rings is 2. The number of carbonyl (C=O) groups excluding carboxylic acids is 2. The maximum atomic E-state index is 12.3. The molecule has 10 nitrogen and oxygen atoms in total. The minimum absolute atomic E-state index is 0.303. The van der Waals surface area contributed by atoms with Gasteiger partial charge >= 0.3 is 11.9 Å². The molecule has 10 heteroatoms. The Bertz CT molecular complexity index is 1270. The van der Waals surface area contributed by atoms with Gasteiger partial charge in [0, 0.05) is 26.6 Å². The van der Waals surface area contributed by atoms with Crippen molar-refractivity contribution in [1.29, 1.82) is 0 Å². The molecule has 2 aromatic carbocycles. The number of hydrogen-bond acceptors (Lipinski definition) is 9. The SMILES string of the molecule is CCOC(=O)c1ccc(C(=O)OCCCCc2nc(NCCCOc3cccc(CN4CCCCC4)c3)n(C)n2)cc1. The van der Waals surface area contributed by atoms with Gasteiger partial charge in [0.25, 0.3) is 0 Å². The van der Waals surface area contributed by atoms with Crippen LogP contribution >= 0.6 is 0 Å². The average Bonchev–Trinajstić information content (AvgIpc) is 3.36. The second kappa shape index (κ2) is 16.5. The Kier molecular flexibility index (Phi) is 12.2. The van der Waals surface area contributed by atoms with Crippen molar-refractivity contribution in [3.05, 3.63) is 71.0 Å². The van der Waals surface area contributed by atoms with Gasteiger partial charge in [0.15, 0.2) is 5.82 Å². The number of aromatic nitrogens is 3. The predicted octanol–water partition coefficient (Wildman–Crippen LogP) is 5.04. The van der Waals surface area contributed by atoms with Gasteiger partial charge in [0.1, 0.15) is 5.75 Å². The standard InChI is InChI=1S/C32H43N5O5/c1-3-40-30(38)26-14-16-27(17-15-26)31(39)42-21-8-5-13-29-34-32(36(2)35-29)33-18-10-22-41-28-12-9-11-25(23-28)24-37-19-6-4-7-20-37/h9,11-12,14-17,23H,3-8,10,13,18-22,24H2,1-2H3,(H,33,34,35). The van der Waals surface area contributed by atoms with Gasteiger partial charge < -0.3 is 19.5 Å². The van der Waals surface area contributed by atoms with E-state index in [4.69, 9.17) is 14.2 Å². The molecule has 3 aromatic rings. The van der Waals surface area contributed by atoms with Crippen molar-refractivity contribution in [2.24, 2.45) is 7.05 Å². The van der Waals surface area contributed by atoms with Gasteiger partial charge in [-0.2, -0.15) is 10.1 Å². The number of nitrogens with one attached hydrogen (secondary N) is 1. The summed E-state index contributed by atoms with van der Waals surface area (Å²) < 4.78 is 18.1. The van der Waals surface area contributed by atoms with Crippen molar-refractivity contribution < 1.29 is 23.8 Å². The molecule has 0 spiro atoms. The first-order valence-corrected chi connectivity index (χ1v) is 15.0. The summed E-state index contributed by atoms with van der Waals surface area (Å²) in [6.45, 7) is 7.08. The summed E-state index contributed by atoms with van der Waals surface area (Å²) in [5.41, 5.74) is 2.11. The fourth-order valence-corrected chi connectivity index (χ4v) is 4.86. The lowest BCUT2D eigenvalue weighted by atomic mass is 10.1. The van der Waals surface area contributed by atoms with Crippen molar-refractivity contribution in [1.82, 2.24) is 19.7 Å². The zero-order valence-corrected chi connectivity index (χ0v) is 24.8. The van der Waals surface area contributed by atoms with Crippen LogP contribution in [0.5, 0.6) is 5.75 Å². The topological polar surface area (TPSA) is 108 Å². The summed E-state index contributed by atoms with van der Waals surface area (Å²) in [4.78, 5) is 31.1. The second-order valence-corrected chi connectivity index (χ2v) is 10.5. The van der Waals surface area contributed by atoms with E-state index in [2.05, 4.69) is 38.5 Å². The number of esters is 2. The number of piperidine rings is 1. The minimum atomic E-state index is -0.415. The molecule has 1 aliphatic heterocycles. The lowest BCUT2D eigenvalue weighted by molar-refractivity contribution is 0.0492. The smallest absolute Gasteiger partial charge is 0.338 e. The lowest BCUT2D eigenvalue weighted by Gasteiger charge is -2.26. The maximum Gasteiger partial charge on any atom is 0.338 e. The third-order valence-electron chi connectivity index (χ3n) is 7.09. The molecule has 1 aromatic heterocycles. The van der Waals surface area contributed by atoms with Gasteiger partial charge in [-0.15, -0.1) is 0 Å². The molecule has 0 unspecified atom stereocenters. The third kappa shape index (κ3) is 9.87. The highest BCUT2D eigenvalue weighted by Crippen LogP contribution is 2.18. The quantitative estimate of drug-likeness (QED) is 0.185. The third-order valence-corrected chi connectivity index (χ3v) is 7.09. The Morgan fingerprint density at radius 3 is 2.38 bits per heavy atom. The summed E-state index contributed by atoms with van der Waals surface area (Å²) in [7, 11) is 1.87. The molecule has 0 aliphatic carbocycles. The molecular formula is C32H43N5O5. The minimum Gasteiger partial charge on any atom is -0.494 e. The summed E-state index contributed by atoms with van der Waals surface area (Å²) in [5, 5.41) is 7.84. The van der Waals surface area contributed by atoms with E-state index in [1.807, 2.05) is 13.1 Å². The van der Waals surface area contributed by atoms with E-state index in [1.165, 1.54) is 37.9 Å². The summed E-state index contributed by atoms with van der Waals surface area (Å²) in [6, 6.07) is 14.7. The first-order valence-electron chi connectivity index (χ1n) is 15.0. The van der Waals surface area contributed by atoms with E-state index < -0.39 is 11.9 Å². The molecule has 0 atom stereocenters. The number of nitrogens with zero attached hydrogens (tertiary/aromatic N) is 4. The molecule has 4 rings (SSSR count). The van der Waals surface area contributed by atoms with Crippen LogP contribution in [-0.2, 0) is 29.5 Å². The van der Waals surface area contributed by atoms with Crippen molar-refractivity contribution in [2.45, 2.75) is 58.4 Å². The van der Waals surface area contributed by atoms with Crippen LogP contribution in [0.4, 0.5) is 5.95 Å². The van der Waals surface area contributed by atoms with Crippen molar-refractivity contribution >= 4 is 17.9 Å². The van der Waals surface area contributed by atoms with E-state index in [9.17, 15) is 9.59 Å². The van der Waals surface area contributed by atoms with Crippen LogP contribution < -0.4 is 10.1 Å². The summed E-state index contributed by atoms with van der Waals surface area (Å²) in [6.07, 6.45) is 6.97. The predicted molar refractivity (Wildman–Crippen MR) is 161 cm³/mol. The van der Waals surface area contributed by atoms with Crippen LogP contribution in [0, 0.1) is 0 Å². The van der Waals surface area contributed by atoms with E-state index in [0.29, 0.717) is 43.8 Å². The Labute approximate surface area is 248 Å². The molecule has 2 heterocycles. The molecule has 0 amide bonds. The first-order chi connectivity index (χ1) is 20.5. The van der Waals surface area contributed by atoms with Gasteiger partial charge in [-0.25, -0.2) is 14.3 Å². The number of rotatable bonds is 16. The number of unbranched alkanes of at least 4 members (excludes halogenated alkanes) is 1. The molecule has 42 heavy (non-hydrogen) atoms. The largest absolute Gasteiger partial charge is 0.494 e. The van der Waals surface area contributed by atoms with Gasteiger partial charge in [-0.1, -0.05) is 18.6 Å². The number of carbonyl (C=O) groups is 2. The Morgan fingerprint density at radius 2 is 1.64 bits per heavy atom. The maximum absolute atomic E-state index is 12.3. The number of likely N-dealkylation sites (tertiary alicyclic amines) is 1. The van der Waals surface area contributed by atoms with Crippen LogP contribution in [0.25, 0.3) is 0 Å². The molecule has 0 bridgehead atoms. The van der Waals surface area contributed by atoms with Crippen LogP contribution in [0.3, 0.4) is 0 Å². The van der Waals surface area contributed by atoms with Gasteiger partial charge in [0.05, 0.1) is 30.9 Å². The van der Waals surface area contributed by atoms with Gasteiger partial charge in [-0.3, -0.25) is 4.90 Å². The Morgan fingerprint density at radius 1 is 0.905 bits per heavy atom. The van der Waals surface area contributed by atoms with E-state index in [0.717, 1.165) is 43.5 Å². The summed E-state index contributed by atoms with van der Waals surface area (Å²) in [5.74, 6) is 1.58. The molecule has 1 aliphatic rings. The van der Waals surface area contributed by atoms with Crippen molar-refractivity contribution in [2.75, 3.05) is 44.8 Å². The number of aryl methyl sites for hydroxylation is 2. The molecule has 1 N–H and O–H groups in total. The van der Waals surface area contributed by atoms with E-state index >= 15 is 0 Å². The number of hydrogen-bond donors (Lipinski definition) is 1. The summed E-state index contributed by atoms with van der Waals surface area (Å²) >= 11 is 0.